The van der Waals surface area contributed by atoms with Crippen LogP contribution in [0.3, 0.4) is 0 Å². The lowest BCUT2D eigenvalue weighted by Gasteiger charge is -2.51. The van der Waals surface area contributed by atoms with Crippen LogP contribution in [0.25, 0.3) is 0 Å². The maximum absolute atomic E-state index is 11.1. The number of allylic oxidation sites excluding steroid dienone is 1. The number of hydrogen-bond donors (Lipinski definition) is 2. The Morgan fingerprint density at radius 3 is 1.54 bits per heavy atom. The zero-order valence-electron chi connectivity index (χ0n) is 20.1. The van der Waals surface area contributed by atoms with Gasteiger partial charge in [-0.05, 0) is 42.7 Å². The monoisotopic (exact) mass is 430 g/mol. The standard InChI is InChI=1S/C22H46O4Si2/c1-12-13-17-18(25-27(8,9)20(2,3)4)14-22(24,16-23)15-19(17)26-28(10,11)21(5,6)7/h12,17-19,23-24H,1,13-16H2,2-11H3/t17?,18-,19-,22?/m1/s1. The van der Waals surface area contributed by atoms with E-state index in [0.717, 1.165) is 6.42 Å². The van der Waals surface area contributed by atoms with E-state index in [1.54, 1.807) is 0 Å². The molecule has 0 aliphatic heterocycles. The van der Waals surface area contributed by atoms with Crippen LogP contribution >= 0.6 is 0 Å². The Labute approximate surface area is 176 Å². The van der Waals surface area contributed by atoms with Crippen molar-refractivity contribution in [3.05, 3.63) is 12.7 Å². The zero-order valence-corrected chi connectivity index (χ0v) is 22.1. The van der Waals surface area contributed by atoms with E-state index in [1.807, 2.05) is 6.08 Å². The van der Waals surface area contributed by atoms with Crippen LogP contribution in [0, 0.1) is 5.92 Å². The minimum absolute atomic E-state index is 0.0797. The van der Waals surface area contributed by atoms with E-state index in [0.29, 0.717) is 12.8 Å². The van der Waals surface area contributed by atoms with Crippen molar-refractivity contribution >= 4 is 16.6 Å². The second kappa shape index (κ2) is 8.63. The fourth-order valence-electron chi connectivity index (χ4n) is 3.37. The molecule has 0 aromatic carbocycles. The summed E-state index contributed by atoms with van der Waals surface area (Å²) in [6.07, 6.45) is 3.36. The summed E-state index contributed by atoms with van der Waals surface area (Å²) in [6.45, 7) is 26.1. The molecule has 0 saturated heterocycles. The third kappa shape index (κ3) is 6.02. The SMILES string of the molecule is C=CCC1[C@H](O[Si](C)(C)C(C)(C)C)CC(O)(CO)C[C@H]1O[Si](C)(C)C(C)(C)C. The molecule has 0 aromatic heterocycles. The van der Waals surface area contributed by atoms with Gasteiger partial charge >= 0.3 is 0 Å². The molecule has 0 radical (unpaired) electrons. The summed E-state index contributed by atoms with van der Waals surface area (Å²) >= 11 is 0. The predicted octanol–water partition coefficient (Wildman–Crippen LogP) is 5.48. The molecule has 1 aliphatic rings. The van der Waals surface area contributed by atoms with E-state index in [9.17, 15) is 10.2 Å². The molecule has 2 N–H and O–H groups in total. The lowest BCUT2D eigenvalue weighted by Crippen LogP contribution is -2.59. The normalized spacial score (nSPS) is 30.4. The van der Waals surface area contributed by atoms with Gasteiger partial charge in [0.25, 0.3) is 0 Å². The Kier molecular flexibility index (Phi) is 8.03. The van der Waals surface area contributed by atoms with Gasteiger partial charge in [0, 0.05) is 18.8 Å². The molecule has 0 heterocycles. The predicted molar refractivity (Wildman–Crippen MR) is 124 cm³/mol. The topological polar surface area (TPSA) is 58.9 Å². The number of rotatable bonds is 7. The molecule has 1 saturated carbocycles. The van der Waals surface area contributed by atoms with Gasteiger partial charge in [-0.2, -0.15) is 0 Å². The highest BCUT2D eigenvalue weighted by Crippen LogP contribution is 2.46. The summed E-state index contributed by atoms with van der Waals surface area (Å²) in [4.78, 5) is 0. The van der Waals surface area contributed by atoms with Gasteiger partial charge in [0.2, 0.25) is 0 Å². The fraction of sp³-hybridized carbons (Fsp3) is 0.909. The van der Waals surface area contributed by atoms with Gasteiger partial charge < -0.3 is 19.1 Å². The maximum atomic E-state index is 11.1. The van der Waals surface area contributed by atoms with Gasteiger partial charge in [0.15, 0.2) is 16.6 Å². The molecule has 0 bridgehead atoms. The molecule has 0 aromatic rings. The summed E-state index contributed by atoms with van der Waals surface area (Å²) in [6, 6.07) is 0. The summed E-state index contributed by atoms with van der Waals surface area (Å²) in [5, 5.41) is 21.2. The third-order valence-corrected chi connectivity index (χ3v) is 16.4. The Morgan fingerprint density at radius 1 is 0.929 bits per heavy atom. The van der Waals surface area contributed by atoms with Crippen molar-refractivity contribution in [1.29, 1.82) is 0 Å². The van der Waals surface area contributed by atoms with Gasteiger partial charge in [-0.15, -0.1) is 6.58 Å². The average molecular weight is 431 g/mol. The smallest absolute Gasteiger partial charge is 0.192 e. The molecular formula is C22H46O4Si2. The lowest BCUT2D eigenvalue weighted by molar-refractivity contribution is -0.132. The highest BCUT2D eigenvalue weighted by atomic mass is 28.4. The van der Waals surface area contributed by atoms with E-state index >= 15 is 0 Å². The molecule has 1 fully saturated rings. The Morgan fingerprint density at radius 2 is 1.29 bits per heavy atom. The van der Waals surface area contributed by atoms with Gasteiger partial charge in [-0.3, -0.25) is 0 Å². The van der Waals surface area contributed by atoms with Crippen LogP contribution in [-0.2, 0) is 8.85 Å². The Balaban J connectivity index is 3.28. The molecule has 28 heavy (non-hydrogen) atoms. The van der Waals surface area contributed by atoms with Crippen molar-refractivity contribution in [2.45, 2.75) is 115 Å². The number of hydrogen-bond acceptors (Lipinski definition) is 4. The van der Waals surface area contributed by atoms with Crippen LogP contribution < -0.4 is 0 Å². The van der Waals surface area contributed by atoms with Crippen LogP contribution in [-0.4, -0.2) is 51.3 Å². The highest BCUT2D eigenvalue weighted by molar-refractivity contribution is 6.74. The van der Waals surface area contributed by atoms with E-state index in [-0.39, 0.29) is 34.8 Å². The Hall–Kier alpha value is 0.0138. The van der Waals surface area contributed by atoms with Gasteiger partial charge in [-0.1, -0.05) is 47.6 Å². The van der Waals surface area contributed by atoms with Crippen LogP contribution in [0.2, 0.25) is 36.3 Å². The first-order chi connectivity index (χ1) is 12.4. The van der Waals surface area contributed by atoms with E-state index in [4.69, 9.17) is 8.85 Å². The fourth-order valence-corrected chi connectivity index (χ4v) is 6.11. The molecule has 0 unspecified atom stereocenters. The number of aliphatic hydroxyl groups is 2. The van der Waals surface area contributed by atoms with Crippen LogP contribution in [0.1, 0.15) is 60.8 Å². The third-order valence-electron chi connectivity index (χ3n) is 7.35. The molecule has 0 spiro atoms. The van der Waals surface area contributed by atoms with Crippen LogP contribution in [0.15, 0.2) is 12.7 Å². The van der Waals surface area contributed by atoms with Crippen molar-refractivity contribution in [2.75, 3.05) is 6.61 Å². The Bertz CT molecular complexity index is 494. The molecule has 166 valence electrons. The van der Waals surface area contributed by atoms with Crippen molar-refractivity contribution < 1.29 is 19.1 Å². The summed E-state index contributed by atoms with van der Waals surface area (Å²) < 4.78 is 13.6. The molecule has 2 atom stereocenters. The minimum atomic E-state index is -2.03. The summed E-state index contributed by atoms with van der Waals surface area (Å²) in [5.41, 5.74) is -1.16. The molecule has 6 heteroatoms. The van der Waals surface area contributed by atoms with E-state index in [1.165, 1.54) is 0 Å². The summed E-state index contributed by atoms with van der Waals surface area (Å²) in [5.74, 6) is 0.146. The molecule has 1 aliphatic carbocycles. The van der Waals surface area contributed by atoms with Crippen molar-refractivity contribution in [1.82, 2.24) is 0 Å². The average Bonchev–Trinajstić information content (AvgIpc) is 2.47. The maximum Gasteiger partial charge on any atom is 0.192 e. The molecule has 4 nitrogen and oxygen atoms in total. The second-order valence-electron chi connectivity index (χ2n) is 11.8. The molecule has 0 amide bonds. The van der Waals surface area contributed by atoms with Crippen molar-refractivity contribution in [3.63, 3.8) is 0 Å². The van der Waals surface area contributed by atoms with Crippen molar-refractivity contribution in [2.24, 2.45) is 5.92 Å². The quantitative estimate of drug-likeness (QED) is 0.415. The zero-order chi connectivity index (χ0) is 22.2. The van der Waals surface area contributed by atoms with Crippen molar-refractivity contribution in [3.8, 4) is 0 Å². The summed E-state index contributed by atoms with van der Waals surface area (Å²) in [7, 11) is -4.07. The highest BCUT2D eigenvalue weighted by Gasteiger charge is 2.51. The van der Waals surface area contributed by atoms with Crippen LogP contribution in [0.4, 0.5) is 0 Å². The van der Waals surface area contributed by atoms with Gasteiger partial charge in [-0.25, -0.2) is 0 Å². The van der Waals surface area contributed by atoms with E-state index in [2.05, 4.69) is 74.3 Å². The minimum Gasteiger partial charge on any atom is -0.413 e. The first-order valence-electron chi connectivity index (χ1n) is 10.7. The van der Waals surface area contributed by atoms with Crippen LogP contribution in [0.5, 0.6) is 0 Å². The van der Waals surface area contributed by atoms with E-state index < -0.39 is 22.2 Å². The second-order valence-corrected chi connectivity index (χ2v) is 21.3. The largest absolute Gasteiger partial charge is 0.413 e. The molecular weight excluding hydrogens is 384 g/mol. The lowest BCUT2D eigenvalue weighted by atomic mass is 9.74. The number of aliphatic hydroxyl groups excluding tert-OH is 1. The first-order valence-corrected chi connectivity index (χ1v) is 16.5. The van der Waals surface area contributed by atoms with Gasteiger partial charge in [0.05, 0.1) is 24.4 Å². The first kappa shape index (κ1) is 26.0. The van der Waals surface area contributed by atoms with Gasteiger partial charge in [0.1, 0.15) is 0 Å². The molecule has 1 rings (SSSR count).